The number of hydrogen-bond acceptors (Lipinski definition) is 3. The second-order valence-corrected chi connectivity index (χ2v) is 5.27. The van der Waals surface area contributed by atoms with Crippen LogP contribution in [0.4, 0.5) is 5.69 Å². The van der Waals surface area contributed by atoms with Gasteiger partial charge in [0.2, 0.25) is 0 Å². The molecule has 0 radical (unpaired) electrons. The van der Waals surface area contributed by atoms with Crippen LogP contribution in [-0.4, -0.2) is 17.6 Å². The van der Waals surface area contributed by atoms with Crippen molar-refractivity contribution < 1.29 is 0 Å². The van der Waals surface area contributed by atoms with Crippen molar-refractivity contribution in [3.63, 3.8) is 0 Å². The Morgan fingerprint density at radius 1 is 1.37 bits per heavy atom. The van der Waals surface area contributed by atoms with Crippen LogP contribution in [0.2, 0.25) is 5.02 Å². The van der Waals surface area contributed by atoms with Gasteiger partial charge in [0.15, 0.2) is 0 Å². The van der Waals surface area contributed by atoms with Gasteiger partial charge < -0.3 is 11.1 Å². The van der Waals surface area contributed by atoms with Crippen LogP contribution in [0.25, 0.3) is 10.9 Å². The van der Waals surface area contributed by atoms with Crippen LogP contribution >= 0.6 is 11.6 Å². The lowest BCUT2D eigenvalue weighted by atomic mass is 9.99. The molecule has 2 atom stereocenters. The number of pyridine rings is 1. The number of benzene rings is 1. The van der Waals surface area contributed by atoms with Crippen LogP contribution in [-0.2, 0) is 0 Å². The molecule has 0 fully saturated rings. The van der Waals surface area contributed by atoms with E-state index < -0.39 is 0 Å². The molecule has 19 heavy (non-hydrogen) atoms. The Morgan fingerprint density at radius 2 is 2.16 bits per heavy atom. The van der Waals surface area contributed by atoms with E-state index in [4.69, 9.17) is 17.3 Å². The fraction of sp³-hybridized carbons (Fsp3) is 0.400. The van der Waals surface area contributed by atoms with Crippen molar-refractivity contribution in [1.82, 2.24) is 4.98 Å². The molecule has 0 aliphatic heterocycles. The molecule has 4 heteroatoms. The predicted octanol–water partition coefficient (Wildman–Crippen LogP) is 3.67. The van der Waals surface area contributed by atoms with Crippen LogP contribution in [0, 0.1) is 5.92 Å². The lowest BCUT2D eigenvalue weighted by Crippen LogP contribution is -2.34. The van der Waals surface area contributed by atoms with E-state index in [-0.39, 0.29) is 6.04 Å². The first-order valence-corrected chi connectivity index (χ1v) is 7.05. The molecule has 2 rings (SSSR count). The minimum atomic E-state index is 0.247. The molecule has 0 saturated carbocycles. The molecular formula is C15H20ClN3. The molecule has 1 aromatic carbocycles. The van der Waals surface area contributed by atoms with Gasteiger partial charge in [0.1, 0.15) is 0 Å². The molecule has 1 aromatic heterocycles. The van der Waals surface area contributed by atoms with Crippen LogP contribution in [0.1, 0.15) is 20.3 Å². The Kier molecular flexibility index (Phi) is 4.61. The highest BCUT2D eigenvalue weighted by molar-refractivity contribution is 6.35. The fourth-order valence-electron chi connectivity index (χ4n) is 2.17. The van der Waals surface area contributed by atoms with E-state index in [0.717, 1.165) is 28.0 Å². The van der Waals surface area contributed by atoms with Crippen molar-refractivity contribution in [3.05, 3.63) is 35.5 Å². The molecule has 3 nitrogen and oxygen atoms in total. The van der Waals surface area contributed by atoms with E-state index in [2.05, 4.69) is 24.1 Å². The quantitative estimate of drug-likeness (QED) is 0.877. The summed E-state index contributed by atoms with van der Waals surface area (Å²) in [5, 5.41) is 5.19. The van der Waals surface area contributed by atoms with Gasteiger partial charge in [0.05, 0.1) is 16.2 Å². The molecule has 0 spiro atoms. The van der Waals surface area contributed by atoms with Gasteiger partial charge >= 0.3 is 0 Å². The number of nitrogens with zero attached hydrogens (tertiary/aromatic N) is 1. The molecule has 3 N–H and O–H groups in total. The molecule has 1 heterocycles. The second-order valence-electron chi connectivity index (χ2n) is 4.87. The largest absolute Gasteiger partial charge is 0.379 e. The number of rotatable bonds is 5. The van der Waals surface area contributed by atoms with E-state index in [0.29, 0.717) is 12.5 Å². The zero-order chi connectivity index (χ0) is 13.8. The predicted molar refractivity (Wildman–Crippen MR) is 82.7 cm³/mol. The minimum absolute atomic E-state index is 0.247. The molecule has 0 amide bonds. The number of anilines is 1. The monoisotopic (exact) mass is 277 g/mol. The van der Waals surface area contributed by atoms with Crippen molar-refractivity contribution >= 4 is 28.2 Å². The zero-order valence-corrected chi connectivity index (χ0v) is 12.1. The van der Waals surface area contributed by atoms with Gasteiger partial charge in [-0.2, -0.15) is 0 Å². The van der Waals surface area contributed by atoms with Gasteiger partial charge in [-0.15, -0.1) is 0 Å². The molecule has 0 aliphatic carbocycles. The molecule has 2 unspecified atom stereocenters. The average Bonchev–Trinajstić information content (AvgIpc) is 2.46. The number of aromatic nitrogens is 1. The van der Waals surface area contributed by atoms with Crippen molar-refractivity contribution in [3.8, 4) is 0 Å². The number of fused-ring (bicyclic) bond motifs is 1. The van der Waals surface area contributed by atoms with Gasteiger partial charge in [-0.3, -0.25) is 4.98 Å². The van der Waals surface area contributed by atoms with Crippen molar-refractivity contribution in [2.75, 3.05) is 11.9 Å². The maximum Gasteiger partial charge on any atom is 0.0948 e. The highest BCUT2D eigenvalue weighted by atomic mass is 35.5. The smallest absolute Gasteiger partial charge is 0.0948 e. The molecule has 0 aliphatic rings. The van der Waals surface area contributed by atoms with Gasteiger partial charge in [-0.05, 0) is 30.2 Å². The van der Waals surface area contributed by atoms with E-state index >= 15 is 0 Å². The Bertz CT molecular complexity index is 556. The summed E-state index contributed by atoms with van der Waals surface area (Å²) < 4.78 is 0. The number of nitrogens with one attached hydrogen (secondary N) is 1. The lowest BCUT2D eigenvalue weighted by Gasteiger charge is -2.24. The van der Waals surface area contributed by atoms with E-state index in [1.807, 2.05) is 24.3 Å². The maximum absolute atomic E-state index is 6.20. The summed E-state index contributed by atoms with van der Waals surface area (Å²) in [6.07, 6.45) is 2.87. The summed E-state index contributed by atoms with van der Waals surface area (Å²) in [7, 11) is 0. The minimum Gasteiger partial charge on any atom is -0.379 e. The first-order chi connectivity index (χ1) is 9.17. The van der Waals surface area contributed by atoms with Crippen LogP contribution in [0.5, 0.6) is 0 Å². The number of halogens is 1. The first kappa shape index (κ1) is 14.1. The van der Waals surface area contributed by atoms with Gasteiger partial charge in [-0.1, -0.05) is 31.9 Å². The molecular weight excluding hydrogens is 258 g/mol. The summed E-state index contributed by atoms with van der Waals surface area (Å²) in [4.78, 5) is 4.43. The topological polar surface area (TPSA) is 50.9 Å². The third kappa shape index (κ3) is 2.99. The zero-order valence-electron chi connectivity index (χ0n) is 11.4. The Hall–Kier alpha value is -1.32. The van der Waals surface area contributed by atoms with E-state index in [9.17, 15) is 0 Å². The number of hydrogen-bond donors (Lipinski definition) is 2. The normalized spacial score (nSPS) is 14.3. The summed E-state index contributed by atoms with van der Waals surface area (Å²) in [6, 6.07) is 8.00. The Balaban J connectivity index is 2.38. The lowest BCUT2D eigenvalue weighted by molar-refractivity contribution is 0.474. The summed E-state index contributed by atoms with van der Waals surface area (Å²) >= 11 is 6.20. The fourth-order valence-corrected chi connectivity index (χ4v) is 2.39. The summed E-state index contributed by atoms with van der Waals surface area (Å²) in [6.45, 7) is 4.98. The molecule has 0 saturated heterocycles. The average molecular weight is 278 g/mol. The Morgan fingerprint density at radius 3 is 2.84 bits per heavy atom. The highest BCUT2D eigenvalue weighted by Gasteiger charge is 2.15. The van der Waals surface area contributed by atoms with Gasteiger partial charge in [0, 0.05) is 24.2 Å². The molecule has 102 valence electrons. The highest BCUT2D eigenvalue weighted by Crippen LogP contribution is 2.29. The third-order valence-electron chi connectivity index (χ3n) is 3.64. The van der Waals surface area contributed by atoms with E-state index in [1.54, 1.807) is 6.20 Å². The molecule has 2 aromatic rings. The standard InChI is InChI=1S/C15H20ClN3/c1-3-10(2)14(9-17)19-13-7-6-12(16)11-5-4-8-18-15(11)13/h4-8,10,14,19H,3,9,17H2,1-2H3. The summed E-state index contributed by atoms with van der Waals surface area (Å²) in [5.41, 5.74) is 7.76. The van der Waals surface area contributed by atoms with Crippen molar-refractivity contribution in [2.45, 2.75) is 26.3 Å². The number of nitrogens with two attached hydrogens (primary N) is 1. The van der Waals surface area contributed by atoms with Crippen molar-refractivity contribution in [1.29, 1.82) is 0 Å². The van der Waals surface area contributed by atoms with Crippen molar-refractivity contribution in [2.24, 2.45) is 11.7 Å². The second kappa shape index (κ2) is 6.22. The Labute approximate surface area is 119 Å². The van der Waals surface area contributed by atoms with Crippen LogP contribution in [0.3, 0.4) is 0 Å². The van der Waals surface area contributed by atoms with Crippen LogP contribution in [0.15, 0.2) is 30.5 Å². The van der Waals surface area contributed by atoms with E-state index in [1.165, 1.54) is 0 Å². The molecule has 0 bridgehead atoms. The SMILES string of the molecule is CCC(C)C(CN)Nc1ccc(Cl)c2cccnc12. The summed E-state index contributed by atoms with van der Waals surface area (Å²) in [5.74, 6) is 0.513. The van der Waals surface area contributed by atoms with Gasteiger partial charge in [0.25, 0.3) is 0 Å². The third-order valence-corrected chi connectivity index (χ3v) is 3.97. The van der Waals surface area contributed by atoms with Gasteiger partial charge in [-0.25, -0.2) is 0 Å². The first-order valence-electron chi connectivity index (χ1n) is 6.67. The maximum atomic E-state index is 6.20. The van der Waals surface area contributed by atoms with Crippen LogP contribution < -0.4 is 11.1 Å².